The normalized spacial score (nSPS) is 10.7. The first-order chi connectivity index (χ1) is 10.1. The molecule has 3 aromatic rings. The lowest BCUT2D eigenvalue weighted by molar-refractivity contribution is 0.0692. The lowest BCUT2D eigenvalue weighted by atomic mass is 10.1. The molecule has 0 fully saturated rings. The zero-order valence-corrected chi connectivity index (χ0v) is 13.3. The van der Waals surface area contributed by atoms with Gasteiger partial charge >= 0.3 is 5.97 Å². The van der Waals surface area contributed by atoms with Gasteiger partial charge in [-0.05, 0) is 51.0 Å². The molecule has 2 nitrogen and oxygen atoms in total. The first-order valence-electron chi connectivity index (χ1n) is 6.33. The fourth-order valence-electron chi connectivity index (χ4n) is 2.15. The molecule has 0 aliphatic heterocycles. The molecule has 0 aliphatic carbocycles. The van der Waals surface area contributed by atoms with Crippen LogP contribution < -0.4 is 0 Å². The number of rotatable bonds is 3. The van der Waals surface area contributed by atoms with Crippen molar-refractivity contribution >= 4 is 44.4 Å². The van der Waals surface area contributed by atoms with Crippen LogP contribution in [0.1, 0.15) is 10.4 Å². The summed E-state index contributed by atoms with van der Waals surface area (Å²) in [4.78, 5) is 13.2. The number of carbonyl (C=O) groups is 1. The van der Waals surface area contributed by atoms with E-state index in [0.717, 1.165) is 15.2 Å². The Morgan fingerprint density at radius 1 is 0.952 bits per heavy atom. The molecule has 0 saturated heterocycles. The van der Waals surface area contributed by atoms with E-state index in [0.29, 0.717) is 10.0 Å². The number of halogens is 1. The van der Waals surface area contributed by atoms with E-state index in [1.807, 2.05) is 30.3 Å². The summed E-state index contributed by atoms with van der Waals surface area (Å²) < 4.78 is 0.598. The van der Waals surface area contributed by atoms with E-state index >= 15 is 0 Å². The van der Waals surface area contributed by atoms with E-state index in [9.17, 15) is 9.90 Å². The zero-order valence-electron chi connectivity index (χ0n) is 10.9. The minimum absolute atomic E-state index is 0.302. The van der Waals surface area contributed by atoms with Gasteiger partial charge < -0.3 is 5.11 Å². The Morgan fingerprint density at radius 2 is 1.71 bits per heavy atom. The lowest BCUT2D eigenvalue weighted by Crippen LogP contribution is -1.99. The number of carboxylic acid groups (broad SMARTS) is 1. The van der Waals surface area contributed by atoms with E-state index < -0.39 is 5.97 Å². The Hall–Kier alpha value is -1.78. The number of hydrogen-bond acceptors (Lipinski definition) is 2. The van der Waals surface area contributed by atoms with Crippen molar-refractivity contribution in [2.45, 2.75) is 9.79 Å². The molecule has 1 N–H and O–H groups in total. The standard InChI is InChI=1S/C17H11BrO2S/c18-14-6-3-7-15(16(14)17(19)20)21-13-9-8-11-4-1-2-5-12(11)10-13/h1-10H,(H,19,20). The Bertz CT molecular complexity index is 830. The van der Waals surface area contributed by atoms with Gasteiger partial charge in [0.2, 0.25) is 0 Å². The Labute approximate surface area is 134 Å². The molecule has 21 heavy (non-hydrogen) atoms. The molecule has 0 aromatic heterocycles. The molecule has 0 saturated carbocycles. The maximum Gasteiger partial charge on any atom is 0.338 e. The molecule has 4 heteroatoms. The maximum absolute atomic E-state index is 11.4. The van der Waals surface area contributed by atoms with Crippen LogP contribution in [0.15, 0.2) is 74.9 Å². The Kier molecular flexibility index (Phi) is 3.99. The van der Waals surface area contributed by atoms with Crippen molar-refractivity contribution in [2.75, 3.05) is 0 Å². The highest BCUT2D eigenvalue weighted by atomic mass is 79.9. The van der Waals surface area contributed by atoms with Crippen molar-refractivity contribution in [3.8, 4) is 0 Å². The average molecular weight is 359 g/mol. The molecular weight excluding hydrogens is 348 g/mol. The predicted molar refractivity (Wildman–Crippen MR) is 89.2 cm³/mol. The summed E-state index contributed by atoms with van der Waals surface area (Å²) in [5.74, 6) is -0.925. The van der Waals surface area contributed by atoms with Gasteiger partial charge in [0.05, 0.1) is 5.56 Å². The third kappa shape index (κ3) is 2.96. The number of aromatic carboxylic acids is 1. The first kappa shape index (κ1) is 14.2. The van der Waals surface area contributed by atoms with Gasteiger partial charge in [-0.3, -0.25) is 0 Å². The Balaban J connectivity index is 2.02. The van der Waals surface area contributed by atoms with Crippen LogP contribution in [0.2, 0.25) is 0 Å². The molecular formula is C17H11BrO2S. The minimum Gasteiger partial charge on any atom is -0.478 e. The SMILES string of the molecule is O=C(O)c1c(Br)cccc1Sc1ccc2ccccc2c1. The molecule has 3 aromatic carbocycles. The summed E-state index contributed by atoms with van der Waals surface area (Å²) in [5.41, 5.74) is 0.302. The van der Waals surface area contributed by atoms with Crippen molar-refractivity contribution in [3.63, 3.8) is 0 Å². The third-order valence-electron chi connectivity index (χ3n) is 3.14. The van der Waals surface area contributed by atoms with Gasteiger partial charge in [0.25, 0.3) is 0 Å². The highest BCUT2D eigenvalue weighted by Gasteiger charge is 2.14. The number of hydrogen-bond donors (Lipinski definition) is 1. The third-order valence-corrected chi connectivity index (χ3v) is 4.85. The zero-order chi connectivity index (χ0) is 14.8. The summed E-state index contributed by atoms with van der Waals surface area (Å²) in [6.45, 7) is 0. The second-order valence-corrected chi connectivity index (χ2v) is 6.50. The molecule has 0 spiro atoms. The molecule has 0 radical (unpaired) electrons. The van der Waals surface area contributed by atoms with Crippen LogP contribution in [0.3, 0.4) is 0 Å². The van der Waals surface area contributed by atoms with Gasteiger partial charge in [0, 0.05) is 14.3 Å². The van der Waals surface area contributed by atoms with Crippen molar-refractivity contribution < 1.29 is 9.90 Å². The van der Waals surface area contributed by atoms with Crippen molar-refractivity contribution in [1.82, 2.24) is 0 Å². The fraction of sp³-hybridized carbons (Fsp3) is 0. The highest BCUT2D eigenvalue weighted by Crippen LogP contribution is 2.35. The summed E-state index contributed by atoms with van der Waals surface area (Å²) in [7, 11) is 0. The molecule has 104 valence electrons. The van der Waals surface area contributed by atoms with Crippen LogP contribution >= 0.6 is 27.7 Å². The topological polar surface area (TPSA) is 37.3 Å². The first-order valence-corrected chi connectivity index (χ1v) is 7.94. The van der Waals surface area contributed by atoms with Crippen LogP contribution in [0.25, 0.3) is 10.8 Å². The van der Waals surface area contributed by atoms with Crippen LogP contribution in [-0.4, -0.2) is 11.1 Å². The molecule has 0 unspecified atom stereocenters. The van der Waals surface area contributed by atoms with Crippen molar-refractivity contribution in [2.24, 2.45) is 0 Å². The van der Waals surface area contributed by atoms with E-state index in [-0.39, 0.29) is 0 Å². The largest absolute Gasteiger partial charge is 0.478 e. The monoisotopic (exact) mass is 358 g/mol. The number of fused-ring (bicyclic) bond motifs is 1. The van der Waals surface area contributed by atoms with Gasteiger partial charge in [-0.2, -0.15) is 0 Å². The molecule has 0 atom stereocenters. The molecule has 0 amide bonds. The van der Waals surface area contributed by atoms with E-state index in [4.69, 9.17) is 0 Å². The molecule has 0 aliphatic rings. The van der Waals surface area contributed by atoms with Gasteiger partial charge in [0.15, 0.2) is 0 Å². The van der Waals surface area contributed by atoms with Crippen molar-refractivity contribution in [3.05, 3.63) is 70.7 Å². The summed E-state index contributed by atoms with van der Waals surface area (Å²) in [5, 5.41) is 11.7. The van der Waals surface area contributed by atoms with E-state index in [1.165, 1.54) is 17.1 Å². The maximum atomic E-state index is 11.4. The summed E-state index contributed by atoms with van der Waals surface area (Å²) in [6, 6.07) is 19.7. The lowest BCUT2D eigenvalue weighted by Gasteiger charge is -2.08. The van der Waals surface area contributed by atoms with Gasteiger partial charge in [-0.25, -0.2) is 4.79 Å². The van der Waals surface area contributed by atoms with E-state index in [2.05, 4.69) is 40.2 Å². The second-order valence-electron chi connectivity index (χ2n) is 4.53. The molecule has 0 heterocycles. The van der Waals surface area contributed by atoms with Crippen LogP contribution in [0.5, 0.6) is 0 Å². The summed E-state index contributed by atoms with van der Waals surface area (Å²) in [6.07, 6.45) is 0. The average Bonchev–Trinajstić information content (AvgIpc) is 2.47. The quantitative estimate of drug-likeness (QED) is 0.676. The number of benzene rings is 3. The van der Waals surface area contributed by atoms with Crippen LogP contribution in [-0.2, 0) is 0 Å². The highest BCUT2D eigenvalue weighted by molar-refractivity contribution is 9.10. The molecule has 0 bridgehead atoms. The Morgan fingerprint density at radius 3 is 2.48 bits per heavy atom. The second kappa shape index (κ2) is 5.92. The predicted octanol–water partition coefficient (Wildman–Crippen LogP) is 5.45. The van der Waals surface area contributed by atoms with Gasteiger partial charge in [-0.15, -0.1) is 0 Å². The smallest absolute Gasteiger partial charge is 0.338 e. The minimum atomic E-state index is -0.925. The number of carboxylic acids is 1. The fourth-order valence-corrected chi connectivity index (χ4v) is 3.84. The van der Waals surface area contributed by atoms with Crippen LogP contribution in [0.4, 0.5) is 0 Å². The van der Waals surface area contributed by atoms with Crippen LogP contribution in [0, 0.1) is 0 Å². The van der Waals surface area contributed by atoms with E-state index in [1.54, 1.807) is 6.07 Å². The molecule has 3 rings (SSSR count). The summed E-state index contributed by atoms with van der Waals surface area (Å²) >= 11 is 4.77. The van der Waals surface area contributed by atoms with Crippen molar-refractivity contribution in [1.29, 1.82) is 0 Å². The van der Waals surface area contributed by atoms with Gasteiger partial charge in [-0.1, -0.05) is 48.2 Å². The van der Waals surface area contributed by atoms with Gasteiger partial charge in [0.1, 0.15) is 0 Å².